The van der Waals surface area contributed by atoms with Gasteiger partial charge in [0.15, 0.2) is 0 Å². The minimum absolute atomic E-state index is 0.842. The number of allylic oxidation sites excluding steroid dienone is 1. The van der Waals surface area contributed by atoms with Gasteiger partial charge in [0, 0.05) is 18.3 Å². The molecule has 0 aliphatic rings. The molecule has 0 radical (unpaired) electrons. The van der Waals surface area contributed by atoms with Crippen LogP contribution in [0.3, 0.4) is 0 Å². The van der Waals surface area contributed by atoms with Crippen LogP contribution in [0.25, 0.3) is 6.08 Å². The van der Waals surface area contributed by atoms with Crippen LogP contribution in [0.5, 0.6) is 0 Å². The molecule has 2 heteroatoms. The molecule has 0 heterocycles. The Bertz CT molecular complexity index is 380. The van der Waals surface area contributed by atoms with E-state index < -0.39 is 0 Å². The topological polar surface area (TPSA) is 12.0 Å². The molecule has 15 heavy (non-hydrogen) atoms. The van der Waals surface area contributed by atoms with E-state index in [0.717, 1.165) is 28.3 Å². The largest absolute Gasteiger partial charge is 0.388 e. The average molecular weight is 224 g/mol. The summed E-state index contributed by atoms with van der Waals surface area (Å²) in [6, 6.07) is 4.10. The van der Waals surface area contributed by atoms with Crippen molar-refractivity contribution < 1.29 is 0 Å². The maximum atomic E-state index is 6.29. The Morgan fingerprint density at radius 3 is 2.67 bits per heavy atom. The van der Waals surface area contributed by atoms with E-state index in [1.165, 1.54) is 5.57 Å². The lowest BCUT2D eigenvalue weighted by Gasteiger charge is -2.10. The van der Waals surface area contributed by atoms with Gasteiger partial charge >= 0.3 is 0 Å². The summed E-state index contributed by atoms with van der Waals surface area (Å²) < 4.78 is 0. The molecule has 82 valence electrons. The molecule has 0 aliphatic carbocycles. The maximum absolute atomic E-state index is 6.29. The average Bonchev–Trinajstić information content (AvgIpc) is 2.25. The molecular formula is C13H18ClN. The highest BCUT2D eigenvalue weighted by Gasteiger charge is 2.06. The smallest absolute Gasteiger partial charge is 0.0528 e. The van der Waals surface area contributed by atoms with Gasteiger partial charge in [0.05, 0.1) is 5.02 Å². The van der Waals surface area contributed by atoms with E-state index in [-0.39, 0.29) is 0 Å². The van der Waals surface area contributed by atoms with Gasteiger partial charge in [-0.25, -0.2) is 0 Å². The van der Waals surface area contributed by atoms with Crippen LogP contribution in [-0.2, 0) is 0 Å². The summed E-state index contributed by atoms with van der Waals surface area (Å²) in [5.74, 6) is 0. The van der Waals surface area contributed by atoms with Gasteiger partial charge in [-0.3, -0.25) is 0 Å². The first-order valence-electron chi connectivity index (χ1n) is 5.24. The number of halogens is 1. The third-order valence-electron chi connectivity index (χ3n) is 2.59. The molecular weight excluding hydrogens is 206 g/mol. The molecule has 0 unspecified atom stereocenters. The summed E-state index contributed by atoms with van der Waals surface area (Å²) >= 11 is 6.29. The number of rotatable bonds is 3. The number of anilines is 1. The van der Waals surface area contributed by atoms with Crippen molar-refractivity contribution in [3.8, 4) is 0 Å². The first-order valence-corrected chi connectivity index (χ1v) is 5.62. The number of benzene rings is 1. The Morgan fingerprint density at radius 1 is 1.47 bits per heavy atom. The quantitative estimate of drug-likeness (QED) is 0.796. The van der Waals surface area contributed by atoms with E-state index in [4.69, 9.17) is 11.6 Å². The Balaban J connectivity index is 3.30. The van der Waals surface area contributed by atoms with Gasteiger partial charge in [-0.15, -0.1) is 0 Å². The lowest BCUT2D eigenvalue weighted by Crippen LogP contribution is -1.94. The second-order valence-corrected chi connectivity index (χ2v) is 4.13. The molecule has 0 aromatic heterocycles. The predicted octanol–water partition coefficient (Wildman–Crippen LogP) is 4.50. The third kappa shape index (κ3) is 2.75. The van der Waals surface area contributed by atoms with Crippen LogP contribution in [-0.4, -0.2) is 7.05 Å². The Kier molecular flexibility index (Phi) is 4.22. The minimum atomic E-state index is 0.842. The predicted molar refractivity (Wildman–Crippen MR) is 69.7 cm³/mol. The van der Waals surface area contributed by atoms with Gasteiger partial charge in [-0.2, -0.15) is 0 Å². The van der Waals surface area contributed by atoms with Crippen molar-refractivity contribution in [3.63, 3.8) is 0 Å². The second-order valence-electron chi connectivity index (χ2n) is 3.75. The SMILES string of the molecule is CC/C(C)=C/c1c(NC)ccc(C)c1Cl. The van der Waals surface area contributed by atoms with E-state index in [2.05, 4.69) is 31.3 Å². The summed E-state index contributed by atoms with van der Waals surface area (Å²) in [7, 11) is 1.92. The molecule has 0 saturated heterocycles. The van der Waals surface area contributed by atoms with E-state index in [1.54, 1.807) is 0 Å². The summed E-state index contributed by atoms with van der Waals surface area (Å²) in [6.07, 6.45) is 3.20. The fourth-order valence-corrected chi connectivity index (χ4v) is 1.63. The molecule has 1 nitrogen and oxygen atoms in total. The number of nitrogens with one attached hydrogen (secondary N) is 1. The molecule has 0 fully saturated rings. The Labute approximate surface area is 97.1 Å². The molecule has 0 atom stereocenters. The van der Waals surface area contributed by atoms with Crippen molar-refractivity contribution in [1.82, 2.24) is 0 Å². The van der Waals surface area contributed by atoms with Gasteiger partial charge < -0.3 is 5.32 Å². The Morgan fingerprint density at radius 2 is 2.13 bits per heavy atom. The van der Waals surface area contributed by atoms with E-state index in [9.17, 15) is 0 Å². The van der Waals surface area contributed by atoms with Gasteiger partial charge in [-0.05, 0) is 31.9 Å². The van der Waals surface area contributed by atoms with Crippen LogP contribution in [0.4, 0.5) is 5.69 Å². The zero-order valence-electron chi connectivity index (χ0n) is 9.82. The summed E-state index contributed by atoms with van der Waals surface area (Å²) in [4.78, 5) is 0. The van der Waals surface area contributed by atoms with Gasteiger partial charge in [0.25, 0.3) is 0 Å². The van der Waals surface area contributed by atoms with Crippen LogP contribution < -0.4 is 5.32 Å². The standard InChI is InChI=1S/C13H18ClN/c1-5-9(2)8-11-12(15-4)7-6-10(3)13(11)14/h6-8,15H,5H2,1-4H3/b9-8+. The molecule has 1 aromatic rings. The molecule has 0 saturated carbocycles. The van der Waals surface area contributed by atoms with Crippen LogP contribution >= 0.6 is 11.6 Å². The molecule has 0 bridgehead atoms. The maximum Gasteiger partial charge on any atom is 0.0528 e. The fraction of sp³-hybridized carbons (Fsp3) is 0.385. The van der Waals surface area contributed by atoms with Gasteiger partial charge in [-0.1, -0.05) is 36.2 Å². The lowest BCUT2D eigenvalue weighted by atomic mass is 10.1. The highest BCUT2D eigenvalue weighted by Crippen LogP contribution is 2.30. The number of hydrogen-bond acceptors (Lipinski definition) is 1. The number of aryl methyl sites for hydroxylation is 1. The van der Waals surface area contributed by atoms with Gasteiger partial charge in [0.2, 0.25) is 0 Å². The van der Waals surface area contributed by atoms with Crippen molar-refractivity contribution in [1.29, 1.82) is 0 Å². The number of hydrogen-bond donors (Lipinski definition) is 1. The van der Waals surface area contributed by atoms with Crippen molar-refractivity contribution >= 4 is 23.4 Å². The van der Waals surface area contributed by atoms with E-state index >= 15 is 0 Å². The summed E-state index contributed by atoms with van der Waals surface area (Å²) in [6.45, 7) is 6.30. The van der Waals surface area contributed by atoms with Crippen molar-refractivity contribution in [2.45, 2.75) is 27.2 Å². The van der Waals surface area contributed by atoms with Gasteiger partial charge in [0.1, 0.15) is 0 Å². The first-order chi connectivity index (χ1) is 7.10. The van der Waals surface area contributed by atoms with Crippen LogP contribution in [0.2, 0.25) is 5.02 Å². The van der Waals surface area contributed by atoms with E-state index in [0.29, 0.717) is 0 Å². The third-order valence-corrected chi connectivity index (χ3v) is 3.09. The highest BCUT2D eigenvalue weighted by molar-refractivity contribution is 6.33. The monoisotopic (exact) mass is 223 g/mol. The molecule has 1 rings (SSSR count). The second kappa shape index (κ2) is 5.22. The molecule has 0 spiro atoms. The lowest BCUT2D eigenvalue weighted by molar-refractivity contribution is 1.11. The zero-order chi connectivity index (χ0) is 11.4. The normalized spacial score (nSPS) is 11.7. The van der Waals surface area contributed by atoms with Crippen molar-refractivity contribution in [3.05, 3.63) is 33.9 Å². The molecule has 0 aliphatic heterocycles. The zero-order valence-corrected chi connectivity index (χ0v) is 10.6. The van der Waals surface area contributed by atoms with E-state index in [1.807, 2.05) is 20.0 Å². The highest BCUT2D eigenvalue weighted by atomic mass is 35.5. The molecule has 1 N–H and O–H groups in total. The molecule has 0 amide bonds. The van der Waals surface area contributed by atoms with Crippen LogP contribution in [0.1, 0.15) is 31.4 Å². The van der Waals surface area contributed by atoms with Crippen molar-refractivity contribution in [2.24, 2.45) is 0 Å². The summed E-state index contributed by atoms with van der Waals surface area (Å²) in [5.41, 5.74) is 4.63. The molecule has 1 aromatic carbocycles. The van der Waals surface area contributed by atoms with Crippen LogP contribution in [0, 0.1) is 6.92 Å². The first kappa shape index (κ1) is 12.1. The van der Waals surface area contributed by atoms with Crippen LogP contribution in [0.15, 0.2) is 17.7 Å². The summed E-state index contributed by atoms with van der Waals surface area (Å²) in [5, 5.41) is 4.01. The fourth-order valence-electron chi connectivity index (χ4n) is 1.41. The Hall–Kier alpha value is -0.950. The van der Waals surface area contributed by atoms with Crippen molar-refractivity contribution in [2.75, 3.05) is 12.4 Å². The minimum Gasteiger partial charge on any atom is -0.388 e.